The van der Waals surface area contributed by atoms with Crippen LogP contribution in [0.15, 0.2) is 47.6 Å². The summed E-state index contributed by atoms with van der Waals surface area (Å²) in [7, 11) is -2.24. The second kappa shape index (κ2) is 10.7. The first-order chi connectivity index (χ1) is 16.0. The Morgan fingerprint density at radius 2 is 1.91 bits per heavy atom. The number of likely N-dealkylation sites (N-methyl/N-ethyl adjacent to an activating group) is 1. The van der Waals surface area contributed by atoms with E-state index < -0.39 is 22.2 Å². The zero-order valence-electron chi connectivity index (χ0n) is 20.3. The van der Waals surface area contributed by atoms with Crippen molar-refractivity contribution in [1.29, 1.82) is 0 Å². The molecule has 0 saturated carbocycles. The molecule has 2 heterocycles. The van der Waals surface area contributed by atoms with Gasteiger partial charge in [-0.25, -0.2) is 13.2 Å². The van der Waals surface area contributed by atoms with Crippen molar-refractivity contribution in [3.8, 4) is 16.9 Å². The number of aromatic nitrogens is 1. The van der Waals surface area contributed by atoms with E-state index in [9.17, 15) is 18.3 Å². The maximum absolute atomic E-state index is 13.6. The Morgan fingerprint density at radius 3 is 2.53 bits per heavy atom. The molecule has 0 unspecified atom stereocenters. The van der Waals surface area contributed by atoms with Crippen molar-refractivity contribution in [2.45, 2.75) is 50.8 Å². The van der Waals surface area contributed by atoms with Crippen molar-refractivity contribution in [2.75, 3.05) is 26.7 Å². The van der Waals surface area contributed by atoms with Gasteiger partial charge in [-0.2, -0.15) is 4.31 Å². The average molecular weight is 491 g/mol. The van der Waals surface area contributed by atoms with E-state index in [0.717, 1.165) is 11.1 Å². The van der Waals surface area contributed by atoms with E-state index in [1.54, 1.807) is 49.5 Å². The first kappa shape index (κ1) is 25.9. The molecular weight excluding hydrogens is 456 g/mol. The number of amides is 2. The van der Waals surface area contributed by atoms with Crippen molar-refractivity contribution in [1.82, 2.24) is 19.5 Å². The number of aliphatic hydroxyl groups is 1. The smallest absolute Gasteiger partial charge is 0.317 e. The van der Waals surface area contributed by atoms with Crippen molar-refractivity contribution >= 4 is 16.1 Å². The van der Waals surface area contributed by atoms with Gasteiger partial charge in [0, 0.05) is 44.0 Å². The number of urea groups is 1. The number of nitrogens with zero attached hydrogens (tertiary/aromatic N) is 3. The van der Waals surface area contributed by atoms with Crippen LogP contribution in [0.25, 0.3) is 11.1 Å². The van der Waals surface area contributed by atoms with Crippen LogP contribution < -0.4 is 10.1 Å². The van der Waals surface area contributed by atoms with Gasteiger partial charge in [-0.05, 0) is 56.2 Å². The van der Waals surface area contributed by atoms with E-state index in [0.29, 0.717) is 0 Å². The Labute approximate surface area is 201 Å². The molecule has 2 aromatic rings. The third-order valence-electron chi connectivity index (χ3n) is 5.89. The molecular formula is C24H34N4O5S. The number of nitrogens with one attached hydrogen (secondary N) is 1. The summed E-state index contributed by atoms with van der Waals surface area (Å²) in [5, 5.41) is 12.6. The lowest BCUT2D eigenvalue weighted by Gasteiger charge is -2.37. The number of aliphatic hydroxyl groups excluding tert-OH is 1. The summed E-state index contributed by atoms with van der Waals surface area (Å²) in [6, 6.07) is 7.81. The molecule has 2 N–H and O–H groups in total. The minimum atomic E-state index is -3.93. The van der Waals surface area contributed by atoms with E-state index in [1.807, 2.05) is 32.9 Å². The fourth-order valence-electron chi connectivity index (χ4n) is 3.88. The molecule has 0 radical (unpaired) electrons. The summed E-state index contributed by atoms with van der Waals surface area (Å²) in [4.78, 5) is 18.1. The molecule has 0 saturated heterocycles. The van der Waals surface area contributed by atoms with Crippen LogP contribution in [-0.2, 0) is 10.0 Å². The maximum Gasteiger partial charge on any atom is 0.317 e. The third-order valence-corrected chi connectivity index (χ3v) is 7.91. The molecule has 10 heteroatoms. The van der Waals surface area contributed by atoms with Gasteiger partial charge in [0.15, 0.2) is 0 Å². The zero-order valence-corrected chi connectivity index (χ0v) is 21.1. The molecule has 1 aromatic heterocycles. The second-order valence-corrected chi connectivity index (χ2v) is 11.0. The fraction of sp³-hybridized carbons (Fsp3) is 0.500. The number of pyridine rings is 1. The summed E-state index contributed by atoms with van der Waals surface area (Å²) in [6.07, 6.45) is 2.86. The SMILES string of the molecule is CC(C)NC(=O)N(C)C[C@@H]1Oc2cc(-c3ccncc3)ccc2S(=O)(=O)N([C@H](C)CO)C[C@@H]1C. The average Bonchev–Trinajstić information content (AvgIpc) is 2.80. The molecule has 0 bridgehead atoms. The molecule has 1 aromatic carbocycles. The number of benzene rings is 1. The normalized spacial score (nSPS) is 21.0. The zero-order chi connectivity index (χ0) is 25.0. The minimum absolute atomic E-state index is 0.0136. The molecule has 0 spiro atoms. The Balaban J connectivity index is 2.06. The Morgan fingerprint density at radius 1 is 1.24 bits per heavy atom. The van der Waals surface area contributed by atoms with Crippen molar-refractivity contribution in [3.05, 3.63) is 42.7 Å². The van der Waals surface area contributed by atoms with Crippen LogP contribution in [0.2, 0.25) is 0 Å². The van der Waals surface area contributed by atoms with Gasteiger partial charge in [0.05, 0.1) is 13.2 Å². The molecule has 9 nitrogen and oxygen atoms in total. The fourth-order valence-corrected chi connectivity index (χ4v) is 5.70. The first-order valence-corrected chi connectivity index (χ1v) is 12.8. The van der Waals surface area contributed by atoms with Gasteiger partial charge < -0.3 is 20.1 Å². The van der Waals surface area contributed by atoms with Crippen molar-refractivity contribution in [2.24, 2.45) is 5.92 Å². The molecule has 2 amide bonds. The lowest BCUT2D eigenvalue weighted by atomic mass is 10.0. The summed E-state index contributed by atoms with van der Waals surface area (Å²) in [5.41, 5.74) is 1.66. The first-order valence-electron chi connectivity index (χ1n) is 11.4. The summed E-state index contributed by atoms with van der Waals surface area (Å²) in [6.45, 7) is 7.45. The highest BCUT2D eigenvalue weighted by Crippen LogP contribution is 2.36. The predicted molar refractivity (Wildman–Crippen MR) is 130 cm³/mol. The molecule has 3 rings (SSSR count). The summed E-state index contributed by atoms with van der Waals surface area (Å²) in [5.74, 6) is -0.0329. The number of hydrogen-bond acceptors (Lipinski definition) is 6. The monoisotopic (exact) mass is 490 g/mol. The Bertz CT molecular complexity index is 1090. The van der Waals surface area contributed by atoms with Crippen LogP contribution in [0.5, 0.6) is 5.75 Å². The van der Waals surface area contributed by atoms with E-state index in [1.165, 1.54) is 4.31 Å². The van der Waals surface area contributed by atoms with E-state index >= 15 is 0 Å². The van der Waals surface area contributed by atoms with Gasteiger partial charge in [0.2, 0.25) is 10.0 Å². The van der Waals surface area contributed by atoms with Gasteiger partial charge in [-0.15, -0.1) is 0 Å². The molecule has 3 atom stereocenters. The van der Waals surface area contributed by atoms with E-state index in [2.05, 4.69) is 10.3 Å². The molecule has 1 aliphatic rings. The largest absolute Gasteiger partial charge is 0.487 e. The van der Waals surface area contributed by atoms with Gasteiger partial charge in [-0.3, -0.25) is 4.98 Å². The summed E-state index contributed by atoms with van der Waals surface area (Å²) >= 11 is 0. The summed E-state index contributed by atoms with van der Waals surface area (Å²) < 4.78 is 34.8. The highest BCUT2D eigenvalue weighted by molar-refractivity contribution is 7.89. The van der Waals surface area contributed by atoms with Crippen LogP contribution >= 0.6 is 0 Å². The maximum atomic E-state index is 13.6. The molecule has 186 valence electrons. The number of sulfonamides is 1. The molecule has 0 fully saturated rings. The lowest BCUT2D eigenvalue weighted by Crippen LogP contribution is -2.51. The number of hydrogen-bond donors (Lipinski definition) is 2. The highest BCUT2D eigenvalue weighted by atomic mass is 32.2. The second-order valence-electron chi connectivity index (χ2n) is 9.12. The highest BCUT2D eigenvalue weighted by Gasteiger charge is 2.38. The molecule has 0 aliphatic carbocycles. The van der Waals surface area contributed by atoms with Gasteiger partial charge in [0.1, 0.15) is 16.7 Å². The van der Waals surface area contributed by atoms with Crippen LogP contribution in [0.3, 0.4) is 0 Å². The van der Waals surface area contributed by atoms with E-state index in [4.69, 9.17) is 4.74 Å². The van der Waals surface area contributed by atoms with Crippen LogP contribution in [-0.4, -0.2) is 78.7 Å². The Hall–Kier alpha value is -2.69. The Kier molecular flexibility index (Phi) is 8.17. The van der Waals surface area contributed by atoms with Crippen LogP contribution in [0, 0.1) is 5.92 Å². The minimum Gasteiger partial charge on any atom is -0.487 e. The van der Waals surface area contributed by atoms with Crippen molar-refractivity contribution < 1.29 is 23.1 Å². The van der Waals surface area contributed by atoms with Gasteiger partial charge in [0.25, 0.3) is 0 Å². The van der Waals surface area contributed by atoms with Crippen LogP contribution in [0.1, 0.15) is 27.7 Å². The van der Waals surface area contributed by atoms with Gasteiger partial charge >= 0.3 is 6.03 Å². The quantitative estimate of drug-likeness (QED) is 0.644. The molecule has 1 aliphatic heterocycles. The van der Waals surface area contributed by atoms with E-state index in [-0.39, 0.29) is 48.3 Å². The third kappa shape index (κ3) is 5.68. The standard InChI is InChI=1S/C24H34N4O5S/c1-16(2)26-24(30)27(5)14-22-17(3)13-28(18(4)15-29)34(31,32)23-7-6-20(12-21(23)33-22)19-8-10-25-11-9-19/h6-12,16-18,22,29H,13-15H2,1-5H3,(H,26,30)/t17-,18+,22-/m0/s1. The number of fused-ring (bicyclic) bond motifs is 1. The number of carbonyl (C=O) groups is 1. The number of carbonyl (C=O) groups excluding carboxylic acids is 1. The molecule has 34 heavy (non-hydrogen) atoms. The number of ether oxygens (including phenoxy) is 1. The lowest BCUT2D eigenvalue weighted by molar-refractivity contribution is 0.0810. The topological polar surface area (TPSA) is 112 Å². The van der Waals surface area contributed by atoms with Gasteiger partial charge in [-0.1, -0.05) is 13.0 Å². The van der Waals surface area contributed by atoms with Crippen molar-refractivity contribution in [3.63, 3.8) is 0 Å². The predicted octanol–water partition coefficient (Wildman–Crippen LogP) is 2.57. The number of rotatable bonds is 6. The van der Waals surface area contributed by atoms with Crippen LogP contribution in [0.4, 0.5) is 4.79 Å².